The van der Waals surface area contributed by atoms with E-state index in [-0.39, 0.29) is 5.02 Å². The van der Waals surface area contributed by atoms with E-state index < -0.39 is 17.7 Å². The summed E-state index contributed by atoms with van der Waals surface area (Å²) in [6.07, 6.45) is 0.918. The molecule has 0 saturated heterocycles. The molecule has 2 nitrogen and oxygen atoms in total. The van der Waals surface area contributed by atoms with Crippen LogP contribution in [0.3, 0.4) is 0 Å². The number of benzene rings is 1. The summed E-state index contributed by atoms with van der Waals surface area (Å²) in [5, 5.41) is 9.15. The summed E-state index contributed by atoms with van der Waals surface area (Å²) in [5.41, 5.74) is 0.667. The van der Waals surface area contributed by atoms with Crippen LogP contribution in [0, 0.1) is 17.7 Å². The van der Waals surface area contributed by atoms with Crippen molar-refractivity contribution >= 4 is 17.6 Å². The van der Waals surface area contributed by atoms with Crippen molar-refractivity contribution in [3.8, 4) is 0 Å². The molecule has 0 aromatic heterocycles. The molecule has 1 aromatic carbocycles. The number of hydrogen-bond donors (Lipinski definition) is 1. The fourth-order valence-corrected chi connectivity index (χ4v) is 1.91. The fraction of sp³-hybridized carbons (Fsp3) is 0.462. The molecule has 1 rings (SSSR count). The average Bonchev–Trinajstić information content (AvgIpc) is 2.21. The number of rotatable bonds is 5. The summed E-state index contributed by atoms with van der Waals surface area (Å²) in [5.74, 6) is -1.52. The molecule has 0 saturated carbocycles. The van der Waals surface area contributed by atoms with Gasteiger partial charge in [0.25, 0.3) is 0 Å². The molecule has 0 fully saturated rings. The van der Waals surface area contributed by atoms with Crippen molar-refractivity contribution < 1.29 is 14.3 Å². The molecular formula is C13H16ClFO2. The number of carboxylic acid groups (broad SMARTS) is 1. The summed E-state index contributed by atoms with van der Waals surface area (Å²) in [6, 6.07) is 4.43. The molecule has 0 aliphatic rings. The lowest BCUT2D eigenvalue weighted by Gasteiger charge is -2.14. The van der Waals surface area contributed by atoms with Crippen LogP contribution in [0.5, 0.6) is 0 Å². The first-order chi connectivity index (χ1) is 7.90. The van der Waals surface area contributed by atoms with E-state index in [9.17, 15) is 9.18 Å². The normalized spacial score (nSPS) is 12.8. The van der Waals surface area contributed by atoms with E-state index in [0.29, 0.717) is 24.3 Å². The van der Waals surface area contributed by atoms with Gasteiger partial charge in [-0.1, -0.05) is 31.5 Å². The second-order valence-corrected chi connectivity index (χ2v) is 5.02. The molecular weight excluding hydrogens is 243 g/mol. The molecule has 0 heterocycles. The molecule has 1 atom stereocenters. The molecule has 1 unspecified atom stereocenters. The first-order valence-corrected chi connectivity index (χ1v) is 5.94. The van der Waals surface area contributed by atoms with Gasteiger partial charge in [-0.05, 0) is 36.5 Å². The molecule has 0 bridgehead atoms. The third kappa shape index (κ3) is 4.35. The van der Waals surface area contributed by atoms with Gasteiger partial charge in [0.2, 0.25) is 0 Å². The zero-order chi connectivity index (χ0) is 13.0. The van der Waals surface area contributed by atoms with Crippen molar-refractivity contribution in [1.82, 2.24) is 0 Å². The highest BCUT2D eigenvalue weighted by Crippen LogP contribution is 2.21. The van der Waals surface area contributed by atoms with Crippen molar-refractivity contribution in [2.45, 2.75) is 26.7 Å². The van der Waals surface area contributed by atoms with E-state index in [0.717, 1.165) is 0 Å². The Balaban J connectivity index is 2.78. The van der Waals surface area contributed by atoms with Gasteiger partial charge in [0.15, 0.2) is 0 Å². The van der Waals surface area contributed by atoms with E-state index in [1.807, 2.05) is 13.8 Å². The lowest BCUT2D eigenvalue weighted by Crippen LogP contribution is -2.18. The van der Waals surface area contributed by atoms with Crippen LogP contribution in [0.25, 0.3) is 0 Å². The molecule has 1 N–H and O–H groups in total. The van der Waals surface area contributed by atoms with Gasteiger partial charge in [-0.15, -0.1) is 0 Å². The summed E-state index contributed by atoms with van der Waals surface area (Å²) in [7, 11) is 0. The van der Waals surface area contributed by atoms with Gasteiger partial charge >= 0.3 is 5.97 Å². The second kappa shape index (κ2) is 6.01. The molecule has 94 valence electrons. The Labute approximate surface area is 105 Å². The van der Waals surface area contributed by atoms with Gasteiger partial charge in [-0.3, -0.25) is 4.79 Å². The van der Waals surface area contributed by atoms with Crippen molar-refractivity contribution in [2.75, 3.05) is 0 Å². The van der Waals surface area contributed by atoms with E-state index >= 15 is 0 Å². The summed E-state index contributed by atoms with van der Waals surface area (Å²) in [4.78, 5) is 11.1. The monoisotopic (exact) mass is 258 g/mol. The molecule has 0 aliphatic carbocycles. The van der Waals surface area contributed by atoms with Crippen LogP contribution in [0.1, 0.15) is 25.8 Å². The molecule has 1 aromatic rings. The number of carboxylic acids is 1. The van der Waals surface area contributed by atoms with Gasteiger partial charge in [-0.2, -0.15) is 0 Å². The Kier molecular flexibility index (Phi) is 4.94. The van der Waals surface area contributed by atoms with Crippen molar-refractivity contribution in [3.63, 3.8) is 0 Å². The molecule has 4 heteroatoms. The highest BCUT2D eigenvalue weighted by Gasteiger charge is 2.19. The highest BCUT2D eigenvalue weighted by molar-refractivity contribution is 6.30. The molecule has 0 spiro atoms. The van der Waals surface area contributed by atoms with Crippen molar-refractivity contribution in [3.05, 3.63) is 34.6 Å². The number of halogens is 2. The minimum atomic E-state index is -0.839. The minimum absolute atomic E-state index is 0.0597. The third-order valence-electron chi connectivity index (χ3n) is 2.57. The zero-order valence-corrected chi connectivity index (χ0v) is 10.7. The van der Waals surface area contributed by atoms with Gasteiger partial charge in [0.1, 0.15) is 5.82 Å². The maximum Gasteiger partial charge on any atom is 0.306 e. The van der Waals surface area contributed by atoms with Crippen molar-refractivity contribution in [2.24, 2.45) is 11.8 Å². The van der Waals surface area contributed by atoms with Crippen LogP contribution in [-0.2, 0) is 11.2 Å². The molecule has 17 heavy (non-hydrogen) atoms. The molecule has 0 amide bonds. The van der Waals surface area contributed by atoms with Gasteiger partial charge in [0, 0.05) is 0 Å². The van der Waals surface area contributed by atoms with Crippen LogP contribution < -0.4 is 0 Å². The maximum absolute atomic E-state index is 13.2. The lowest BCUT2D eigenvalue weighted by atomic mass is 9.91. The fourth-order valence-electron chi connectivity index (χ4n) is 1.79. The Hall–Kier alpha value is -1.09. The Morgan fingerprint density at radius 1 is 1.47 bits per heavy atom. The summed E-state index contributed by atoms with van der Waals surface area (Å²) in [6.45, 7) is 3.94. The second-order valence-electron chi connectivity index (χ2n) is 4.62. The standard InChI is InChI=1S/C13H16ClFO2/c1-8(2)5-10(13(16)17)6-9-3-4-11(14)12(15)7-9/h3-4,7-8,10H,5-6H2,1-2H3,(H,16,17). The quantitative estimate of drug-likeness (QED) is 0.873. The summed E-state index contributed by atoms with van der Waals surface area (Å²) >= 11 is 5.57. The topological polar surface area (TPSA) is 37.3 Å². The number of aliphatic carboxylic acids is 1. The third-order valence-corrected chi connectivity index (χ3v) is 2.88. The zero-order valence-electron chi connectivity index (χ0n) is 9.91. The predicted molar refractivity (Wildman–Crippen MR) is 65.7 cm³/mol. The van der Waals surface area contributed by atoms with Crippen LogP contribution in [0.4, 0.5) is 4.39 Å². The largest absolute Gasteiger partial charge is 0.481 e. The van der Waals surface area contributed by atoms with Gasteiger partial charge < -0.3 is 5.11 Å². The summed E-state index contributed by atoms with van der Waals surface area (Å²) < 4.78 is 13.2. The predicted octanol–water partition coefficient (Wildman–Crippen LogP) is 3.77. The number of carbonyl (C=O) groups is 1. The van der Waals surface area contributed by atoms with Crippen LogP contribution in [0.2, 0.25) is 5.02 Å². The lowest BCUT2D eigenvalue weighted by molar-refractivity contribution is -0.142. The Bertz CT molecular complexity index is 404. The maximum atomic E-state index is 13.2. The molecule has 0 radical (unpaired) electrons. The van der Waals surface area contributed by atoms with E-state index in [4.69, 9.17) is 16.7 Å². The van der Waals surface area contributed by atoms with E-state index in [1.54, 1.807) is 6.07 Å². The number of hydrogen-bond acceptors (Lipinski definition) is 1. The van der Waals surface area contributed by atoms with Crippen LogP contribution >= 0.6 is 11.6 Å². The average molecular weight is 259 g/mol. The van der Waals surface area contributed by atoms with Crippen LogP contribution in [0.15, 0.2) is 18.2 Å². The first-order valence-electron chi connectivity index (χ1n) is 5.57. The minimum Gasteiger partial charge on any atom is -0.481 e. The SMILES string of the molecule is CC(C)CC(Cc1ccc(Cl)c(F)c1)C(=O)O. The van der Waals surface area contributed by atoms with E-state index in [2.05, 4.69) is 0 Å². The highest BCUT2D eigenvalue weighted by atomic mass is 35.5. The van der Waals surface area contributed by atoms with Crippen LogP contribution in [-0.4, -0.2) is 11.1 Å². The van der Waals surface area contributed by atoms with Crippen molar-refractivity contribution in [1.29, 1.82) is 0 Å². The Morgan fingerprint density at radius 2 is 2.12 bits per heavy atom. The van der Waals surface area contributed by atoms with Gasteiger partial charge in [-0.25, -0.2) is 4.39 Å². The smallest absolute Gasteiger partial charge is 0.306 e. The molecule has 0 aliphatic heterocycles. The van der Waals surface area contributed by atoms with Gasteiger partial charge in [0.05, 0.1) is 10.9 Å². The first kappa shape index (κ1) is 14.0. The van der Waals surface area contributed by atoms with E-state index in [1.165, 1.54) is 12.1 Å². The Morgan fingerprint density at radius 3 is 2.59 bits per heavy atom.